The largest absolute Gasteiger partial charge is 0.496 e. The predicted molar refractivity (Wildman–Crippen MR) is 150 cm³/mol. The van der Waals surface area contributed by atoms with Gasteiger partial charge >= 0.3 is 0 Å². The van der Waals surface area contributed by atoms with Gasteiger partial charge in [0.1, 0.15) is 17.2 Å². The summed E-state index contributed by atoms with van der Waals surface area (Å²) in [5, 5.41) is 0. The van der Waals surface area contributed by atoms with Gasteiger partial charge < -0.3 is 19.1 Å². The summed E-state index contributed by atoms with van der Waals surface area (Å²) < 4.78 is 17.3. The van der Waals surface area contributed by atoms with Gasteiger partial charge in [-0.1, -0.05) is 49.4 Å². The Morgan fingerprint density at radius 2 is 1.38 bits per heavy atom. The van der Waals surface area contributed by atoms with E-state index in [9.17, 15) is 4.79 Å². The van der Waals surface area contributed by atoms with Crippen molar-refractivity contribution in [3.8, 4) is 17.2 Å². The molecule has 0 radical (unpaired) electrons. The van der Waals surface area contributed by atoms with Crippen molar-refractivity contribution in [2.75, 3.05) is 13.7 Å². The van der Waals surface area contributed by atoms with Crippen molar-refractivity contribution < 1.29 is 19.0 Å². The van der Waals surface area contributed by atoms with Crippen LogP contribution in [-0.2, 0) is 11.3 Å². The van der Waals surface area contributed by atoms with Crippen LogP contribution in [0.4, 0.5) is 0 Å². The number of carbonyl (C=O) groups excluding carboxylic acids is 1. The molecular weight excluding hydrogens is 462 g/mol. The molecule has 1 atom stereocenters. The van der Waals surface area contributed by atoms with Gasteiger partial charge in [0.15, 0.2) is 0 Å². The van der Waals surface area contributed by atoms with E-state index in [1.165, 1.54) is 5.56 Å². The van der Waals surface area contributed by atoms with E-state index >= 15 is 0 Å². The molecule has 0 aliphatic rings. The summed E-state index contributed by atoms with van der Waals surface area (Å²) >= 11 is 0. The molecule has 0 aliphatic carbocycles. The van der Waals surface area contributed by atoms with Gasteiger partial charge in [-0.15, -0.1) is 0 Å². The molecule has 0 spiro atoms. The van der Waals surface area contributed by atoms with Crippen molar-refractivity contribution in [1.29, 1.82) is 0 Å². The molecule has 3 aromatic carbocycles. The van der Waals surface area contributed by atoms with E-state index in [-0.39, 0.29) is 24.0 Å². The molecule has 0 saturated heterocycles. The smallest absolute Gasteiger partial charge is 0.222 e. The number of nitrogens with zero attached hydrogens (tertiary/aromatic N) is 1. The van der Waals surface area contributed by atoms with E-state index in [0.717, 1.165) is 34.8 Å². The van der Waals surface area contributed by atoms with E-state index in [1.54, 1.807) is 7.11 Å². The monoisotopic (exact) mass is 503 g/mol. The molecule has 0 aromatic heterocycles. The summed E-state index contributed by atoms with van der Waals surface area (Å²) in [4.78, 5) is 14.9. The zero-order valence-corrected chi connectivity index (χ0v) is 23.1. The molecule has 37 heavy (non-hydrogen) atoms. The highest BCUT2D eigenvalue weighted by atomic mass is 16.5. The summed E-state index contributed by atoms with van der Waals surface area (Å²) in [5.41, 5.74) is 3.36. The molecule has 1 amide bonds. The third-order valence-electron chi connectivity index (χ3n) is 6.18. The molecule has 0 N–H and O–H groups in total. The lowest BCUT2D eigenvalue weighted by Crippen LogP contribution is -2.31. The average molecular weight is 504 g/mol. The van der Waals surface area contributed by atoms with Gasteiger partial charge in [-0.25, -0.2) is 0 Å². The number of rotatable bonds is 13. The number of hydrogen-bond donors (Lipinski definition) is 0. The van der Waals surface area contributed by atoms with Crippen LogP contribution in [0.25, 0.3) is 0 Å². The van der Waals surface area contributed by atoms with Crippen molar-refractivity contribution in [3.05, 3.63) is 89.5 Å². The molecule has 5 heteroatoms. The third kappa shape index (κ3) is 8.28. The van der Waals surface area contributed by atoms with Gasteiger partial charge in [-0.3, -0.25) is 4.79 Å². The second-order valence-corrected chi connectivity index (χ2v) is 9.80. The number of hydrogen-bond acceptors (Lipinski definition) is 4. The summed E-state index contributed by atoms with van der Waals surface area (Å²) in [7, 11) is 1.70. The summed E-state index contributed by atoms with van der Waals surface area (Å²) in [5.74, 6) is 2.75. The summed E-state index contributed by atoms with van der Waals surface area (Å²) in [6.45, 7) is 11.2. The number of amides is 1. The number of carbonyl (C=O) groups is 1. The molecule has 3 aromatic rings. The molecule has 0 heterocycles. The third-order valence-corrected chi connectivity index (χ3v) is 6.18. The predicted octanol–water partition coefficient (Wildman–Crippen LogP) is 7.23. The Balaban J connectivity index is 1.83. The topological polar surface area (TPSA) is 48.0 Å². The van der Waals surface area contributed by atoms with E-state index in [0.29, 0.717) is 19.5 Å². The Hall–Kier alpha value is -3.47. The fraction of sp³-hybridized carbons (Fsp3) is 0.406. The van der Waals surface area contributed by atoms with Crippen LogP contribution in [-0.4, -0.2) is 36.7 Å². The minimum Gasteiger partial charge on any atom is -0.496 e. The van der Waals surface area contributed by atoms with Crippen LogP contribution in [0.5, 0.6) is 17.2 Å². The van der Waals surface area contributed by atoms with Crippen LogP contribution < -0.4 is 14.2 Å². The van der Waals surface area contributed by atoms with Crippen LogP contribution >= 0.6 is 0 Å². The van der Waals surface area contributed by atoms with Gasteiger partial charge in [0.25, 0.3) is 0 Å². The average Bonchev–Trinajstić information content (AvgIpc) is 2.89. The van der Waals surface area contributed by atoms with E-state index in [2.05, 4.69) is 18.2 Å². The highest BCUT2D eigenvalue weighted by Crippen LogP contribution is 2.35. The Morgan fingerprint density at radius 1 is 0.811 bits per heavy atom. The Bertz CT molecular complexity index is 1110. The van der Waals surface area contributed by atoms with Gasteiger partial charge in [0, 0.05) is 31.0 Å². The molecule has 0 fully saturated rings. The van der Waals surface area contributed by atoms with Gasteiger partial charge in [0.2, 0.25) is 5.91 Å². The van der Waals surface area contributed by atoms with Gasteiger partial charge in [-0.2, -0.15) is 0 Å². The highest BCUT2D eigenvalue weighted by molar-refractivity contribution is 5.75. The van der Waals surface area contributed by atoms with Crippen LogP contribution in [0.3, 0.4) is 0 Å². The molecule has 0 aliphatic heterocycles. The van der Waals surface area contributed by atoms with E-state index in [4.69, 9.17) is 14.2 Å². The second-order valence-electron chi connectivity index (χ2n) is 9.80. The SMILES string of the molecule is CCC(=O)N(CC[C@@H](c1ccc(OC(C)C)cc1)c1ccccc1OC)Cc1ccc(OC(C)C)cc1. The normalized spacial score (nSPS) is 11.9. The maximum absolute atomic E-state index is 12.9. The molecule has 0 saturated carbocycles. The first-order valence-corrected chi connectivity index (χ1v) is 13.2. The quantitative estimate of drug-likeness (QED) is 0.247. The minimum absolute atomic E-state index is 0.0678. The molecule has 0 bridgehead atoms. The standard InChI is InChI=1S/C32H41NO4/c1-7-32(34)33(22-25-12-16-27(17-13-25)36-23(2)3)21-20-29(30-10-8-9-11-31(30)35-6)26-14-18-28(19-15-26)37-24(4)5/h8-19,23-24,29H,7,20-22H2,1-6H3/t29-/m0/s1. The molecule has 0 unspecified atom stereocenters. The minimum atomic E-state index is 0.0678. The Labute approximate surface area is 222 Å². The van der Waals surface area contributed by atoms with Crippen molar-refractivity contribution in [2.24, 2.45) is 0 Å². The van der Waals surface area contributed by atoms with Gasteiger partial charge in [0.05, 0.1) is 19.3 Å². The Morgan fingerprint density at radius 3 is 1.92 bits per heavy atom. The molecule has 3 rings (SSSR count). The Kier molecular flexibility index (Phi) is 10.4. The lowest BCUT2D eigenvalue weighted by atomic mass is 9.87. The molecule has 5 nitrogen and oxygen atoms in total. The van der Waals surface area contributed by atoms with Crippen molar-refractivity contribution in [1.82, 2.24) is 4.90 Å². The molecular formula is C32H41NO4. The first-order valence-electron chi connectivity index (χ1n) is 13.2. The maximum atomic E-state index is 12.9. The van der Waals surface area contributed by atoms with Crippen LogP contribution in [0, 0.1) is 0 Å². The maximum Gasteiger partial charge on any atom is 0.222 e. The van der Waals surface area contributed by atoms with E-state index < -0.39 is 0 Å². The molecule has 198 valence electrons. The zero-order chi connectivity index (χ0) is 26.8. The summed E-state index contributed by atoms with van der Waals surface area (Å²) in [6.07, 6.45) is 1.48. The van der Waals surface area contributed by atoms with Crippen LogP contribution in [0.15, 0.2) is 72.8 Å². The number of ether oxygens (including phenoxy) is 3. The fourth-order valence-electron chi connectivity index (χ4n) is 4.47. The lowest BCUT2D eigenvalue weighted by molar-refractivity contribution is -0.131. The van der Waals surface area contributed by atoms with Crippen molar-refractivity contribution >= 4 is 5.91 Å². The number of benzene rings is 3. The van der Waals surface area contributed by atoms with E-state index in [1.807, 2.05) is 94.1 Å². The second kappa shape index (κ2) is 13.7. The lowest BCUT2D eigenvalue weighted by Gasteiger charge is -2.27. The first-order chi connectivity index (χ1) is 17.8. The number of para-hydroxylation sites is 1. The zero-order valence-electron chi connectivity index (χ0n) is 23.1. The first kappa shape index (κ1) is 28.1. The van der Waals surface area contributed by atoms with Crippen molar-refractivity contribution in [3.63, 3.8) is 0 Å². The highest BCUT2D eigenvalue weighted by Gasteiger charge is 2.21. The van der Waals surface area contributed by atoms with Crippen LogP contribution in [0.1, 0.15) is 70.1 Å². The van der Waals surface area contributed by atoms with Crippen molar-refractivity contribution in [2.45, 2.75) is 72.1 Å². The van der Waals surface area contributed by atoms with Gasteiger partial charge in [-0.05, 0) is 75.6 Å². The number of methoxy groups -OCH3 is 1. The fourth-order valence-corrected chi connectivity index (χ4v) is 4.47. The van der Waals surface area contributed by atoms with Crippen LogP contribution in [0.2, 0.25) is 0 Å². The summed E-state index contributed by atoms with van der Waals surface area (Å²) in [6, 6.07) is 24.4.